The van der Waals surface area contributed by atoms with Crippen molar-refractivity contribution < 1.29 is 13.6 Å². The predicted octanol–water partition coefficient (Wildman–Crippen LogP) is 4.56. The highest BCUT2D eigenvalue weighted by molar-refractivity contribution is 9.10. The van der Waals surface area contributed by atoms with E-state index in [0.29, 0.717) is 10.2 Å². The Morgan fingerprint density at radius 2 is 1.83 bits per heavy atom. The first-order chi connectivity index (χ1) is 10.9. The molecule has 0 fully saturated rings. The lowest BCUT2D eigenvalue weighted by Gasteiger charge is -2.14. The molecule has 1 amide bonds. The molecule has 0 radical (unpaired) electrons. The summed E-state index contributed by atoms with van der Waals surface area (Å²) in [5.74, 6) is -1.92. The Labute approximate surface area is 144 Å². The zero-order valence-corrected chi connectivity index (χ0v) is 14.2. The summed E-state index contributed by atoms with van der Waals surface area (Å²) in [6.07, 6.45) is 0. The van der Waals surface area contributed by atoms with E-state index in [1.165, 1.54) is 6.07 Å². The number of carbonyl (C=O) groups excluding carboxylic acids is 1. The van der Waals surface area contributed by atoms with E-state index >= 15 is 0 Å². The summed E-state index contributed by atoms with van der Waals surface area (Å²) in [6.45, 7) is 1.54. The largest absolute Gasteiger partial charge is 0.324 e. The van der Waals surface area contributed by atoms with Crippen LogP contribution in [0.15, 0.2) is 39.8 Å². The topological polar surface area (TPSA) is 41.5 Å². The number of rotatable bonds is 1. The van der Waals surface area contributed by atoms with Crippen molar-refractivity contribution in [1.82, 2.24) is 0 Å². The molecule has 0 aliphatic carbocycles. The molecule has 1 heterocycles. The number of nitrogens with one attached hydrogen (secondary N) is 1. The second kappa shape index (κ2) is 6.02. The van der Waals surface area contributed by atoms with Crippen molar-refractivity contribution in [1.29, 1.82) is 0 Å². The molecule has 2 aromatic rings. The van der Waals surface area contributed by atoms with Crippen LogP contribution < -0.4 is 5.32 Å². The highest BCUT2D eigenvalue weighted by Gasteiger charge is 2.28. The molecule has 0 saturated heterocycles. The number of hydrogen-bond acceptors (Lipinski definition) is 2. The van der Waals surface area contributed by atoms with Crippen molar-refractivity contribution in [2.24, 2.45) is 4.99 Å². The van der Waals surface area contributed by atoms with Gasteiger partial charge in [0, 0.05) is 10.0 Å². The van der Waals surface area contributed by atoms with Crippen molar-refractivity contribution in [2.75, 3.05) is 5.32 Å². The van der Waals surface area contributed by atoms with Crippen molar-refractivity contribution in [3.8, 4) is 0 Å². The lowest BCUT2D eigenvalue weighted by atomic mass is 9.99. The summed E-state index contributed by atoms with van der Waals surface area (Å²) in [6, 6.07) is 5.98. The fourth-order valence-corrected chi connectivity index (χ4v) is 2.94. The number of nitrogens with zero attached hydrogens (tertiary/aromatic N) is 1. The van der Waals surface area contributed by atoms with Crippen LogP contribution in [0, 0.1) is 11.6 Å². The van der Waals surface area contributed by atoms with Crippen LogP contribution >= 0.6 is 27.5 Å². The molecule has 23 heavy (non-hydrogen) atoms. The molecule has 3 nitrogen and oxygen atoms in total. The number of halogens is 4. The highest BCUT2D eigenvalue weighted by atomic mass is 79.9. The number of fused-ring (bicyclic) bond motifs is 1. The Morgan fingerprint density at radius 3 is 2.48 bits per heavy atom. The van der Waals surface area contributed by atoms with Crippen LogP contribution in [0.3, 0.4) is 0 Å². The smallest absolute Gasteiger partial charge is 0.248 e. The minimum absolute atomic E-state index is 0.00718. The van der Waals surface area contributed by atoms with Gasteiger partial charge in [-0.05, 0) is 47.1 Å². The van der Waals surface area contributed by atoms with E-state index in [9.17, 15) is 13.6 Å². The van der Waals surface area contributed by atoms with Crippen LogP contribution in [-0.2, 0) is 4.79 Å². The summed E-state index contributed by atoms with van der Waals surface area (Å²) in [5.41, 5.74) is 0.335. The van der Waals surface area contributed by atoms with Crippen molar-refractivity contribution in [3.05, 3.63) is 62.6 Å². The number of amides is 1. The quantitative estimate of drug-likeness (QED) is 0.750. The van der Waals surface area contributed by atoms with Gasteiger partial charge in [0.1, 0.15) is 17.7 Å². The molecule has 0 unspecified atom stereocenters. The Balaban J connectivity index is 2.38. The molecule has 118 valence electrons. The van der Waals surface area contributed by atoms with E-state index in [0.717, 1.165) is 12.1 Å². The standard InChI is InChI=1S/C16H10BrClF2N2O/c1-7-16(23)22-11-6-5-8(17)14(18)13(11)15(21-7)12-9(19)3-2-4-10(12)20/h2-7H,1H3,(H,22,23)/t7-/m0/s1. The number of benzodiazepines with no additional fused rings is 1. The summed E-state index contributed by atoms with van der Waals surface area (Å²) in [7, 11) is 0. The third-order valence-corrected chi connectivity index (χ3v) is 4.77. The number of carbonyl (C=O) groups is 1. The Kier molecular flexibility index (Phi) is 4.21. The lowest BCUT2D eigenvalue weighted by molar-refractivity contribution is -0.116. The molecule has 7 heteroatoms. The van der Waals surface area contributed by atoms with Gasteiger partial charge >= 0.3 is 0 Å². The van der Waals surface area contributed by atoms with Crippen LogP contribution in [-0.4, -0.2) is 17.7 Å². The molecule has 1 aliphatic rings. The first kappa shape index (κ1) is 16.1. The van der Waals surface area contributed by atoms with Gasteiger partial charge < -0.3 is 5.32 Å². The van der Waals surface area contributed by atoms with Gasteiger partial charge in [-0.3, -0.25) is 9.79 Å². The van der Waals surface area contributed by atoms with E-state index < -0.39 is 17.7 Å². The van der Waals surface area contributed by atoms with Crippen LogP contribution in [0.5, 0.6) is 0 Å². The van der Waals surface area contributed by atoms with E-state index in [1.807, 2.05) is 0 Å². The number of benzene rings is 2. The highest BCUT2D eigenvalue weighted by Crippen LogP contribution is 2.36. The minimum Gasteiger partial charge on any atom is -0.324 e. The molecule has 0 saturated carbocycles. The average Bonchev–Trinajstić information content (AvgIpc) is 2.61. The molecule has 0 aromatic heterocycles. The van der Waals surface area contributed by atoms with Crippen molar-refractivity contribution in [2.45, 2.75) is 13.0 Å². The Hall–Kier alpha value is -1.79. The number of anilines is 1. The maximum absolute atomic E-state index is 14.2. The fraction of sp³-hybridized carbons (Fsp3) is 0.125. The van der Waals surface area contributed by atoms with Gasteiger partial charge in [-0.2, -0.15) is 0 Å². The first-order valence-electron chi connectivity index (χ1n) is 6.71. The second-order valence-electron chi connectivity index (χ2n) is 5.02. The molecule has 2 aromatic carbocycles. The number of hydrogen-bond donors (Lipinski definition) is 1. The van der Waals surface area contributed by atoms with Gasteiger partial charge in [0.2, 0.25) is 5.91 Å². The molecule has 1 N–H and O–H groups in total. The molecule has 1 atom stereocenters. The Bertz CT molecular complexity index is 834. The zero-order chi connectivity index (χ0) is 16.7. The van der Waals surface area contributed by atoms with Crippen molar-refractivity contribution in [3.63, 3.8) is 0 Å². The second-order valence-corrected chi connectivity index (χ2v) is 6.26. The van der Waals surface area contributed by atoms with E-state index in [2.05, 4.69) is 26.2 Å². The molecule has 0 bridgehead atoms. The fourth-order valence-electron chi connectivity index (χ4n) is 2.35. The lowest BCUT2D eigenvalue weighted by Crippen LogP contribution is -2.22. The third-order valence-electron chi connectivity index (χ3n) is 3.49. The van der Waals surface area contributed by atoms with Crippen LogP contribution in [0.2, 0.25) is 5.02 Å². The van der Waals surface area contributed by atoms with Gasteiger partial charge in [-0.1, -0.05) is 17.7 Å². The van der Waals surface area contributed by atoms with E-state index in [1.54, 1.807) is 19.1 Å². The molecule has 3 rings (SSSR count). The van der Waals surface area contributed by atoms with Crippen LogP contribution in [0.25, 0.3) is 0 Å². The molecular weight excluding hydrogens is 390 g/mol. The van der Waals surface area contributed by atoms with E-state index in [-0.39, 0.29) is 27.8 Å². The predicted molar refractivity (Wildman–Crippen MR) is 89.2 cm³/mol. The molecule has 1 aliphatic heterocycles. The minimum atomic E-state index is -0.814. The molecule has 0 spiro atoms. The van der Waals surface area contributed by atoms with Gasteiger partial charge in [0.15, 0.2) is 0 Å². The van der Waals surface area contributed by atoms with Crippen LogP contribution in [0.4, 0.5) is 14.5 Å². The maximum Gasteiger partial charge on any atom is 0.248 e. The summed E-state index contributed by atoms with van der Waals surface area (Å²) in [4.78, 5) is 16.3. The maximum atomic E-state index is 14.2. The molecular formula is C16H10BrClF2N2O. The van der Waals surface area contributed by atoms with Crippen LogP contribution in [0.1, 0.15) is 18.1 Å². The summed E-state index contributed by atoms with van der Waals surface area (Å²) >= 11 is 9.58. The third kappa shape index (κ3) is 2.77. The van der Waals surface area contributed by atoms with Crippen molar-refractivity contribution >= 4 is 44.8 Å². The Morgan fingerprint density at radius 1 is 1.17 bits per heavy atom. The first-order valence-corrected chi connectivity index (χ1v) is 7.88. The monoisotopic (exact) mass is 398 g/mol. The summed E-state index contributed by atoms with van der Waals surface area (Å²) < 4.78 is 29.0. The van der Waals surface area contributed by atoms with Gasteiger partial charge in [-0.25, -0.2) is 8.78 Å². The van der Waals surface area contributed by atoms with Gasteiger partial charge in [0.25, 0.3) is 0 Å². The van der Waals surface area contributed by atoms with Gasteiger partial charge in [-0.15, -0.1) is 0 Å². The SMILES string of the molecule is C[C@@H]1N=C(c2c(F)cccc2F)c2c(ccc(Br)c2Cl)NC1=O. The average molecular weight is 400 g/mol. The number of aliphatic imine (C=N–C) groups is 1. The summed E-state index contributed by atoms with van der Waals surface area (Å²) in [5, 5.41) is 2.90. The zero-order valence-electron chi connectivity index (χ0n) is 11.8. The van der Waals surface area contributed by atoms with E-state index in [4.69, 9.17) is 11.6 Å². The van der Waals surface area contributed by atoms with Gasteiger partial charge in [0.05, 0.1) is 22.0 Å². The normalized spacial score (nSPS) is 17.2.